The first-order valence-electron chi connectivity index (χ1n) is 9.37. The van der Waals surface area contributed by atoms with Gasteiger partial charge in [0, 0.05) is 24.0 Å². The van der Waals surface area contributed by atoms with Crippen LogP contribution in [0, 0.1) is 5.82 Å². The molecule has 0 saturated carbocycles. The normalized spacial score (nSPS) is 18.1. The van der Waals surface area contributed by atoms with Gasteiger partial charge in [-0.15, -0.1) is 0 Å². The van der Waals surface area contributed by atoms with Crippen molar-refractivity contribution in [3.8, 4) is 17.2 Å². The number of carbonyl (C=O) groups excluding carboxylic acids is 2. The monoisotopic (exact) mass is 447 g/mol. The summed E-state index contributed by atoms with van der Waals surface area (Å²) in [7, 11) is 4.49. The van der Waals surface area contributed by atoms with Gasteiger partial charge in [-0.2, -0.15) is 0 Å². The molecule has 9 heteroatoms. The summed E-state index contributed by atoms with van der Waals surface area (Å²) in [4.78, 5) is 27.2. The molecular formula is C22H19ClFNO6. The van der Waals surface area contributed by atoms with Crippen LogP contribution in [0.25, 0.3) is 0 Å². The molecule has 2 heterocycles. The zero-order valence-electron chi connectivity index (χ0n) is 17.0. The third-order valence-corrected chi connectivity index (χ3v) is 5.68. The summed E-state index contributed by atoms with van der Waals surface area (Å²) in [6.45, 7) is -0.0823. The molecule has 2 aromatic carbocycles. The van der Waals surface area contributed by atoms with Crippen molar-refractivity contribution in [2.24, 2.45) is 0 Å². The quantitative estimate of drug-likeness (QED) is 0.648. The van der Waals surface area contributed by atoms with Crippen LogP contribution in [0.15, 0.2) is 41.6 Å². The van der Waals surface area contributed by atoms with Crippen molar-refractivity contribution in [1.29, 1.82) is 0 Å². The Morgan fingerprint density at radius 3 is 2.35 bits per heavy atom. The van der Waals surface area contributed by atoms with E-state index in [0.29, 0.717) is 39.8 Å². The van der Waals surface area contributed by atoms with Gasteiger partial charge in [0.15, 0.2) is 11.5 Å². The largest absolute Gasteiger partial charge is 0.496 e. The maximum absolute atomic E-state index is 13.6. The lowest BCUT2D eigenvalue weighted by Gasteiger charge is -2.32. The van der Waals surface area contributed by atoms with E-state index in [9.17, 15) is 14.0 Å². The number of ether oxygens (including phenoxy) is 4. The maximum atomic E-state index is 13.6. The second-order valence-corrected chi connectivity index (χ2v) is 7.38. The third kappa shape index (κ3) is 3.46. The number of esters is 1. The predicted octanol–water partition coefficient (Wildman–Crippen LogP) is 3.84. The first kappa shape index (κ1) is 21.0. The number of methoxy groups -OCH3 is 3. The van der Waals surface area contributed by atoms with Crippen molar-refractivity contribution in [3.05, 3.63) is 58.0 Å². The molecule has 2 aromatic rings. The van der Waals surface area contributed by atoms with Crippen LogP contribution in [0.1, 0.15) is 17.9 Å². The number of halogens is 2. The van der Waals surface area contributed by atoms with Crippen molar-refractivity contribution in [2.45, 2.75) is 12.3 Å². The number of cyclic esters (lactones) is 1. The van der Waals surface area contributed by atoms with Gasteiger partial charge >= 0.3 is 5.97 Å². The van der Waals surface area contributed by atoms with E-state index < -0.39 is 17.7 Å². The number of rotatable bonds is 5. The third-order valence-electron chi connectivity index (χ3n) is 5.39. The van der Waals surface area contributed by atoms with Gasteiger partial charge < -0.3 is 18.9 Å². The Hall–Kier alpha value is -3.26. The number of anilines is 1. The van der Waals surface area contributed by atoms with Crippen LogP contribution in [0.5, 0.6) is 17.2 Å². The lowest BCUT2D eigenvalue weighted by Crippen LogP contribution is -2.37. The average molecular weight is 448 g/mol. The van der Waals surface area contributed by atoms with Crippen LogP contribution in [-0.4, -0.2) is 39.8 Å². The number of hydrogen-bond donors (Lipinski definition) is 0. The Morgan fingerprint density at radius 1 is 1.03 bits per heavy atom. The van der Waals surface area contributed by atoms with Gasteiger partial charge in [0.2, 0.25) is 5.91 Å². The van der Waals surface area contributed by atoms with Crippen molar-refractivity contribution in [3.63, 3.8) is 0 Å². The minimum absolute atomic E-state index is 0.0330. The number of carbonyl (C=O) groups is 2. The van der Waals surface area contributed by atoms with Gasteiger partial charge in [-0.05, 0) is 24.3 Å². The molecule has 2 aliphatic rings. The van der Waals surface area contributed by atoms with E-state index in [4.69, 9.17) is 30.5 Å². The molecule has 0 fully saturated rings. The fourth-order valence-corrected chi connectivity index (χ4v) is 4.14. The molecule has 1 amide bonds. The first-order valence-corrected chi connectivity index (χ1v) is 9.75. The van der Waals surface area contributed by atoms with Crippen LogP contribution in [-0.2, 0) is 14.3 Å². The van der Waals surface area contributed by atoms with E-state index in [0.717, 1.165) is 0 Å². The Kier molecular flexibility index (Phi) is 5.49. The second-order valence-electron chi connectivity index (χ2n) is 6.97. The zero-order chi connectivity index (χ0) is 22.3. The molecule has 0 spiro atoms. The van der Waals surface area contributed by atoms with Crippen LogP contribution in [0.2, 0.25) is 5.02 Å². The number of amides is 1. The topological polar surface area (TPSA) is 74.3 Å². The Labute approximate surface area is 182 Å². The summed E-state index contributed by atoms with van der Waals surface area (Å²) in [6.07, 6.45) is -0.0330. The molecule has 1 atom stereocenters. The predicted molar refractivity (Wildman–Crippen MR) is 110 cm³/mol. The molecule has 7 nitrogen and oxygen atoms in total. The summed E-state index contributed by atoms with van der Waals surface area (Å²) in [5.74, 6) is -0.692. The molecule has 0 radical (unpaired) electrons. The Bertz CT molecular complexity index is 1120. The smallest absolute Gasteiger partial charge is 0.336 e. The highest BCUT2D eigenvalue weighted by Gasteiger charge is 2.44. The lowest BCUT2D eigenvalue weighted by atomic mass is 9.83. The molecule has 162 valence electrons. The highest BCUT2D eigenvalue weighted by Crippen LogP contribution is 2.47. The average Bonchev–Trinajstić information content (AvgIpc) is 3.15. The highest BCUT2D eigenvalue weighted by atomic mass is 35.5. The highest BCUT2D eigenvalue weighted by molar-refractivity contribution is 6.31. The van der Waals surface area contributed by atoms with Gasteiger partial charge in [0.25, 0.3) is 0 Å². The summed E-state index contributed by atoms with van der Waals surface area (Å²) in [6, 6.07) is 7.29. The zero-order valence-corrected chi connectivity index (χ0v) is 17.8. The molecule has 0 aliphatic carbocycles. The molecule has 0 unspecified atom stereocenters. The molecule has 4 rings (SSSR count). The minimum Gasteiger partial charge on any atom is -0.496 e. The second kappa shape index (κ2) is 8.11. The summed E-state index contributed by atoms with van der Waals surface area (Å²) < 4.78 is 35.1. The van der Waals surface area contributed by atoms with Gasteiger partial charge in [-0.3, -0.25) is 9.69 Å². The van der Waals surface area contributed by atoms with Crippen molar-refractivity contribution >= 4 is 29.2 Å². The molecule has 2 aliphatic heterocycles. The molecule has 0 bridgehead atoms. The summed E-state index contributed by atoms with van der Waals surface area (Å²) in [5.41, 5.74) is 1.69. The van der Waals surface area contributed by atoms with E-state index in [2.05, 4.69) is 0 Å². The van der Waals surface area contributed by atoms with Crippen molar-refractivity contribution < 1.29 is 32.9 Å². The number of hydrogen-bond acceptors (Lipinski definition) is 6. The summed E-state index contributed by atoms with van der Waals surface area (Å²) in [5, 5.41) is -0.124. The summed E-state index contributed by atoms with van der Waals surface area (Å²) >= 11 is 5.91. The Balaban J connectivity index is 1.87. The first-order chi connectivity index (χ1) is 14.9. The van der Waals surface area contributed by atoms with E-state index in [1.54, 1.807) is 12.1 Å². The van der Waals surface area contributed by atoms with Crippen molar-refractivity contribution in [2.75, 3.05) is 32.8 Å². The van der Waals surface area contributed by atoms with E-state index >= 15 is 0 Å². The van der Waals surface area contributed by atoms with Gasteiger partial charge in [0.1, 0.15) is 18.2 Å². The number of benzene rings is 2. The number of nitrogens with zero attached hydrogens (tertiary/aromatic N) is 1. The minimum atomic E-state index is -0.612. The van der Waals surface area contributed by atoms with Gasteiger partial charge in [-0.1, -0.05) is 11.6 Å². The van der Waals surface area contributed by atoms with Gasteiger partial charge in [-0.25, -0.2) is 9.18 Å². The lowest BCUT2D eigenvalue weighted by molar-refractivity contribution is -0.136. The fraction of sp³-hybridized carbons (Fsp3) is 0.273. The molecule has 0 saturated heterocycles. The van der Waals surface area contributed by atoms with Crippen LogP contribution in [0.3, 0.4) is 0 Å². The standard InChI is InChI=1S/C22H19ClFNO6/c1-28-17-9-19(30-3)18(29-2)7-12(17)13-8-20(26)25(16-10-31-22(27)21(13)16)11-4-5-15(24)14(23)6-11/h4-7,9,13H,8,10H2,1-3H3/t13-/m0/s1. The van der Waals surface area contributed by atoms with Crippen LogP contribution >= 0.6 is 11.6 Å². The van der Waals surface area contributed by atoms with Crippen LogP contribution in [0.4, 0.5) is 10.1 Å². The van der Waals surface area contributed by atoms with Gasteiger partial charge in [0.05, 0.1) is 43.3 Å². The van der Waals surface area contributed by atoms with Crippen LogP contribution < -0.4 is 19.1 Å². The molecule has 31 heavy (non-hydrogen) atoms. The van der Waals surface area contributed by atoms with E-state index in [1.807, 2.05) is 0 Å². The SMILES string of the molecule is COc1cc(OC)c([C@@H]2CC(=O)N(c3ccc(F)c(Cl)c3)C3=C2C(=O)OC3)cc1OC. The fourth-order valence-electron chi connectivity index (χ4n) is 3.97. The molecule has 0 aromatic heterocycles. The molecular weight excluding hydrogens is 429 g/mol. The van der Waals surface area contributed by atoms with E-state index in [-0.39, 0.29) is 24.0 Å². The van der Waals surface area contributed by atoms with Crippen molar-refractivity contribution in [1.82, 2.24) is 0 Å². The molecule has 0 N–H and O–H groups in total. The Morgan fingerprint density at radius 2 is 1.71 bits per heavy atom. The maximum Gasteiger partial charge on any atom is 0.336 e. The van der Waals surface area contributed by atoms with E-state index in [1.165, 1.54) is 44.4 Å².